The summed E-state index contributed by atoms with van der Waals surface area (Å²) in [6.45, 7) is 4.75. The fraction of sp³-hybridized carbons (Fsp3) is 0.267. The zero-order valence-electron chi connectivity index (χ0n) is 11.8. The van der Waals surface area contributed by atoms with Crippen molar-refractivity contribution < 1.29 is 9.53 Å². The van der Waals surface area contributed by atoms with Gasteiger partial charge in [0.15, 0.2) is 5.69 Å². The van der Waals surface area contributed by atoms with Crippen LogP contribution in [-0.4, -0.2) is 27.4 Å². The lowest BCUT2D eigenvalue weighted by Crippen LogP contribution is -2.27. The Bertz CT molecular complexity index is 696. The van der Waals surface area contributed by atoms with Gasteiger partial charge in [-0.1, -0.05) is 35.0 Å². The molecular formula is C15H15ClN4O2. The van der Waals surface area contributed by atoms with Crippen molar-refractivity contribution in [3.63, 3.8) is 0 Å². The maximum Gasteiger partial charge on any atom is 0.274 e. The predicted octanol–water partition coefficient (Wildman–Crippen LogP) is 2.12. The highest BCUT2D eigenvalue weighted by molar-refractivity contribution is 6.30. The van der Waals surface area contributed by atoms with Crippen LogP contribution in [-0.2, 0) is 17.9 Å². The maximum absolute atomic E-state index is 12.0. The average Bonchev–Trinajstić information content (AvgIpc) is 2.96. The molecule has 1 atom stereocenters. The zero-order valence-corrected chi connectivity index (χ0v) is 12.6. The van der Waals surface area contributed by atoms with Crippen LogP contribution in [0.4, 0.5) is 0 Å². The third kappa shape index (κ3) is 2.88. The van der Waals surface area contributed by atoms with Gasteiger partial charge in [0.25, 0.3) is 5.91 Å². The molecule has 0 saturated carbocycles. The summed E-state index contributed by atoms with van der Waals surface area (Å²) in [6.07, 6.45) is 1.48. The van der Waals surface area contributed by atoms with Crippen LogP contribution in [0.15, 0.2) is 36.9 Å². The number of aromatic nitrogens is 3. The number of fused-ring (bicyclic) bond motifs is 1. The molecule has 0 saturated heterocycles. The highest BCUT2D eigenvalue weighted by atomic mass is 35.5. The van der Waals surface area contributed by atoms with Crippen LogP contribution in [0.25, 0.3) is 0 Å². The smallest absolute Gasteiger partial charge is 0.274 e. The van der Waals surface area contributed by atoms with Gasteiger partial charge in [0.05, 0.1) is 18.8 Å². The SMILES string of the molecule is C=CCNC(=O)c1nnn2c1COC(c1ccc(Cl)cc1)C2. The van der Waals surface area contributed by atoms with Gasteiger partial charge in [-0.05, 0) is 17.7 Å². The van der Waals surface area contributed by atoms with Gasteiger partial charge in [-0.2, -0.15) is 0 Å². The second-order valence-corrected chi connectivity index (χ2v) is 5.35. The summed E-state index contributed by atoms with van der Waals surface area (Å²) in [7, 11) is 0. The number of carbonyl (C=O) groups excluding carboxylic acids is 1. The number of carbonyl (C=O) groups is 1. The first-order valence-electron chi connectivity index (χ1n) is 6.87. The molecule has 1 N–H and O–H groups in total. The summed E-state index contributed by atoms with van der Waals surface area (Å²) in [5.41, 5.74) is 2.01. The average molecular weight is 319 g/mol. The van der Waals surface area contributed by atoms with E-state index in [1.165, 1.54) is 0 Å². The zero-order chi connectivity index (χ0) is 15.5. The molecule has 22 heavy (non-hydrogen) atoms. The van der Waals surface area contributed by atoms with Gasteiger partial charge < -0.3 is 10.1 Å². The minimum absolute atomic E-state index is 0.129. The first kappa shape index (κ1) is 14.7. The van der Waals surface area contributed by atoms with E-state index in [-0.39, 0.29) is 18.6 Å². The molecule has 0 aliphatic carbocycles. The van der Waals surface area contributed by atoms with E-state index in [9.17, 15) is 4.79 Å². The third-order valence-electron chi connectivity index (χ3n) is 3.46. The van der Waals surface area contributed by atoms with E-state index in [1.807, 2.05) is 24.3 Å². The Morgan fingerprint density at radius 3 is 3.00 bits per heavy atom. The third-order valence-corrected chi connectivity index (χ3v) is 3.71. The number of ether oxygens (including phenoxy) is 1. The van der Waals surface area contributed by atoms with Crippen LogP contribution in [0.5, 0.6) is 0 Å². The Morgan fingerprint density at radius 2 is 2.27 bits per heavy atom. The summed E-state index contributed by atoms with van der Waals surface area (Å²) >= 11 is 5.89. The molecule has 1 aromatic heterocycles. The predicted molar refractivity (Wildman–Crippen MR) is 81.5 cm³/mol. The molecule has 1 amide bonds. The van der Waals surface area contributed by atoms with E-state index < -0.39 is 0 Å². The van der Waals surface area contributed by atoms with Crippen molar-refractivity contribution in [2.45, 2.75) is 19.3 Å². The molecule has 7 heteroatoms. The van der Waals surface area contributed by atoms with E-state index in [2.05, 4.69) is 22.2 Å². The highest BCUT2D eigenvalue weighted by Crippen LogP contribution is 2.27. The van der Waals surface area contributed by atoms with E-state index in [4.69, 9.17) is 16.3 Å². The first-order valence-corrected chi connectivity index (χ1v) is 7.25. The van der Waals surface area contributed by atoms with Crippen molar-refractivity contribution in [1.29, 1.82) is 0 Å². The van der Waals surface area contributed by atoms with Crippen molar-refractivity contribution in [3.8, 4) is 0 Å². The Kier molecular flexibility index (Phi) is 4.22. The van der Waals surface area contributed by atoms with Crippen LogP contribution >= 0.6 is 11.6 Å². The molecule has 1 aromatic carbocycles. The number of benzene rings is 1. The van der Waals surface area contributed by atoms with Gasteiger partial charge in [0.2, 0.25) is 0 Å². The van der Waals surface area contributed by atoms with Gasteiger partial charge in [-0.3, -0.25) is 4.79 Å². The molecule has 1 unspecified atom stereocenters. The molecule has 114 valence electrons. The van der Waals surface area contributed by atoms with E-state index in [0.29, 0.717) is 29.5 Å². The summed E-state index contributed by atoms with van der Waals surface area (Å²) in [6, 6.07) is 7.50. The number of nitrogens with one attached hydrogen (secondary N) is 1. The van der Waals surface area contributed by atoms with Gasteiger partial charge in [0.1, 0.15) is 6.10 Å². The van der Waals surface area contributed by atoms with E-state index in [0.717, 1.165) is 5.56 Å². The number of hydrogen-bond donors (Lipinski definition) is 1. The maximum atomic E-state index is 12.0. The Morgan fingerprint density at radius 1 is 1.50 bits per heavy atom. The Labute approximate surface area is 132 Å². The molecular weight excluding hydrogens is 304 g/mol. The number of nitrogens with zero attached hydrogens (tertiary/aromatic N) is 3. The fourth-order valence-corrected chi connectivity index (χ4v) is 2.44. The van der Waals surface area contributed by atoms with Gasteiger partial charge in [-0.25, -0.2) is 4.68 Å². The van der Waals surface area contributed by atoms with Gasteiger partial charge in [0, 0.05) is 11.6 Å². The van der Waals surface area contributed by atoms with Crippen LogP contribution < -0.4 is 5.32 Å². The molecule has 6 nitrogen and oxygen atoms in total. The monoisotopic (exact) mass is 318 g/mol. The molecule has 2 heterocycles. The number of halogens is 1. The van der Waals surface area contributed by atoms with Crippen molar-refractivity contribution in [1.82, 2.24) is 20.3 Å². The Balaban J connectivity index is 1.77. The van der Waals surface area contributed by atoms with Gasteiger partial charge in [-0.15, -0.1) is 11.7 Å². The van der Waals surface area contributed by atoms with Crippen molar-refractivity contribution in [2.75, 3.05) is 6.54 Å². The lowest BCUT2D eigenvalue weighted by molar-refractivity contribution is -0.00176. The Hall–Kier alpha value is -2.18. The van der Waals surface area contributed by atoms with E-state index in [1.54, 1.807) is 10.8 Å². The van der Waals surface area contributed by atoms with Crippen molar-refractivity contribution >= 4 is 17.5 Å². The molecule has 0 bridgehead atoms. The van der Waals surface area contributed by atoms with Crippen molar-refractivity contribution in [3.05, 3.63) is 58.9 Å². The number of hydrogen-bond acceptors (Lipinski definition) is 4. The molecule has 0 spiro atoms. The van der Waals surface area contributed by atoms with Crippen LogP contribution in [0.1, 0.15) is 27.8 Å². The van der Waals surface area contributed by atoms with Crippen molar-refractivity contribution in [2.24, 2.45) is 0 Å². The largest absolute Gasteiger partial charge is 0.365 e. The molecule has 2 aromatic rings. The summed E-state index contributed by atoms with van der Waals surface area (Å²) in [4.78, 5) is 12.0. The lowest BCUT2D eigenvalue weighted by Gasteiger charge is -2.24. The van der Waals surface area contributed by atoms with E-state index >= 15 is 0 Å². The minimum Gasteiger partial charge on any atom is -0.365 e. The lowest BCUT2D eigenvalue weighted by atomic mass is 10.1. The number of rotatable bonds is 4. The molecule has 0 fully saturated rings. The highest BCUT2D eigenvalue weighted by Gasteiger charge is 2.27. The standard InChI is InChI=1S/C15H15ClN4O2/c1-2-7-17-15(21)14-12-9-22-13(8-20(12)19-18-14)10-3-5-11(16)6-4-10/h2-6,13H,1,7-9H2,(H,17,21). The summed E-state index contributed by atoms with van der Waals surface area (Å²) in [5, 5.41) is 11.4. The topological polar surface area (TPSA) is 69.0 Å². The van der Waals surface area contributed by atoms with Crippen LogP contribution in [0.2, 0.25) is 5.02 Å². The second-order valence-electron chi connectivity index (χ2n) is 4.92. The van der Waals surface area contributed by atoms with Crippen LogP contribution in [0, 0.1) is 0 Å². The normalized spacial score (nSPS) is 16.9. The summed E-state index contributed by atoms with van der Waals surface area (Å²) < 4.78 is 7.55. The quantitative estimate of drug-likeness (QED) is 0.877. The summed E-state index contributed by atoms with van der Waals surface area (Å²) in [5.74, 6) is -0.269. The molecule has 1 aliphatic rings. The van der Waals surface area contributed by atoms with Crippen LogP contribution in [0.3, 0.4) is 0 Å². The molecule has 1 aliphatic heterocycles. The molecule has 3 rings (SSSR count). The number of amides is 1. The second kappa shape index (κ2) is 6.29. The fourth-order valence-electron chi connectivity index (χ4n) is 2.32. The van der Waals surface area contributed by atoms with Gasteiger partial charge >= 0.3 is 0 Å². The first-order chi connectivity index (χ1) is 10.7. The minimum atomic E-state index is -0.269. The molecule has 0 radical (unpaired) electrons.